The second kappa shape index (κ2) is 4.49. The number of hydrogen-bond donors (Lipinski definition) is 2. The SMILES string of the molecule is COc1cc(-c2ccc(S)cc2)ccc1O. The molecular weight excluding hydrogens is 220 g/mol. The molecule has 0 amide bonds. The second-order valence-electron chi connectivity index (χ2n) is 3.43. The van der Waals surface area contributed by atoms with E-state index in [9.17, 15) is 5.11 Å². The molecule has 0 fully saturated rings. The van der Waals surface area contributed by atoms with Crippen molar-refractivity contribution in [2.24, 2.45) is 0 Å². The van der Waals surface area contributed by atoms with E-state index < -0.39 is 0 Å². The number of phenolic OH excluding ortho intramolecular Hbond substituents is 1. The van der Waals surface area contributed by atoms with Crippen LogP contribution < -0.4 is 4.74 Å². The van der Waals surface area contributed by atoms with Crippen LogP contribution >= 0.6 is 12.6 Å². The highest BCUT2D eigenvalue weighted by Crippen LogP contribution is 2.31. The summed E-state index contributed by atoms with van der Waals surface area (Å²) in [6.45, 7) is 0. The van der Waals surface area contributed by atoms with Gasteiger partial charge in [-0.15, -0.1) is 12.6 Å². The maximum absolute atomic E-state index is 9.49. The molecule has 0 saturated heterocycles. The summed E-state index contributed by atoms with van der Waals surface area (Å²) in [5.74, 6) is 0.629. The van der Waals surface area contributed by atoms with E-state index in [1.165, 1.54) is 7.11 Å². The van der Waals surface area contributed by atoms with Gasteiger partial charge in [0.05, 0.1) is 7.11 Å². The molecule has 0 atom stereocenters. The van der Waals surface area contributed by atoms with Crippen molar-refractivity contribution in [2.45, 2.75) is 4.90 Å². The maximum atomic E-state index is 9.49. The van der Waals surface area contributed by atoms with Crippen LogP contribution in [-0.2, 0) is 0 Å². The summed E-state index contributed by atoms with van der Waals surface area (Å²) < 4.78 is 5.07. The summed E-state index contributed by atoms with van der Waals surface area (Å²) in [7, 11) is 1.54. The van der Waals surface area contributed by atoms with Gasteiger partial charge in [0, 0.05) is 4.90 Å². The topological polar surface area (TPSA) is 29.5 Å². The van der Waals surface area contributed by atoms with Gasteiger partial charge in [0.2, 0.25) is 0 Å². The highest BCUT2D eigenvalue weighted by atomic mass is 32.1. The highest BCUT2D eigenvalue weighted by Gasteiger charge is 2.04. The first-order chi connectivity index (χ1) is 7.70. The minimum Gasteiger partial charge on any atom is -0.504 e. The van der Waals surface area contributed by atoms with Crippen molar-refractivity contribution >= 4 is 12.6 Å². The van der Waals surface area contributed by atoms with Crippen molar-refractivity contribution in [3.63, 3.8) is 0 Å². The van der Waals surface area contributed by atoms with Crippen molar-refractivity contribution in [1.82, 2.24) is 0 Å². The van der Waals surface area contributed by atoms with Crippen molar-refractivity contribution in [1.29, 1.82) is 0 Å². The quantitative estimate of drug-likeness (QED) is 0.777. The van der Waals surface area contributed by atoms with E-state index in [4.69, 9.17) is 4.74 Å². The van der Waals surface area contributed by atoms with Gasteiger partial charge in [0.1, 0.15) is 0 Å². The van der Waals surface area contributed by atoms with Crippen molar-refractivity contribution in [3.05, 3.63) is 42.5 Å². The van der Waals surface area contributed by atoms with Gasteiger partial charge in [-0.05, 0) is 35.4 Å². The van der Waals surface area contributed by atoms with Gasteiger partial charge in [0.25, 0.3) is 0 Å². The average molecular weight is 232 g/mol. The zero-order valence-electron chi connectivity index (χ0n) is 8.84. The Hall–Kier alpha value is -1.61. The van der Waals surface area contributed by atoms with E-state index in [2.05, 4.69) is 12.6 Å². The lowest BCUT2D eigenvalue weighted by Gasteiger charge is -2.06. The van der Waals surface area contributed by atoms with E-state index in [-0.39, 0.29) is 5.75 Å². The number of ether oxygens (including phenoxy) is 1. The zero-order chi connectivity index (χ0) is 11.5. The molecule has 0 bridgehead atoms. The Morgan fingerprint density at radius 2 is 1.62 bits per heavy atom. The number of hydrogen-bond acceptors (Lipinski definition) is 3. The Labute approximate surface area is 99.9 Å². The third-order valence-corrected chi connectivity index (χ3v) is 2.68. The van der Waals surface area contributed by atoms with Crippen LogP contribution in [0.3, 0.4) is 0 Å². The number of rotatable bonds is 2. The van der Waals surface area contributed by atoms with E-state index in [0.29, 0.717) is 5.75 Å². The molecule has 2 aromatic carbocycles. The molecular formula is C13H12O2S. The Balaban J connectivity index is 2.44. The van der Waals surface area contributed by atoms with Crippen LogP contribution in [0.5, 0.6) is 11.5 Å². The summed E-state index contributed by atoms with van der Waals surface area (Å²) in [5.41, 5.74) is 2.07. The smallest absolute Gasteiger partial charge is 0.161 e. The molecule has 2 rings (SSSR count). The van der Waals surface area contributed by atoms with Crippen molar-refractivity contribution < 1.29 is 9.84 Å². The van der Waals surface area contributed by atoms with Gasteiger partial charge in [-0.2, -0.15) is 0 Å². The molecule has 0 spiro atoms. The molecule has 0 unspecified atom stereocenters. The number of benzene rings is 2. The lowest BCUT2D eigenvalue weighted by molar-refractivity contribution is 0.373. The number of phenols is 1. The Morgan fingerprint density at radius 3 is 2.25 bits per heavy atom. The summed E-state index contributed by atoms with van der Waals surface area (Å²) in [6.07, 6.45) is 0. The maximum Gasteiger partial charge on any atom is 0.161 e. The molecule has 82 valence electrons. The molecule has 3 heteroatoms. The molecule has 0 radical (unpaired) electrons. The molecule has 0 aliphatic heterocycles. The summed E-state index contributed by atoms with van der Waals surface area (Å²) in [5, 5.41) is 9.49. The molecule has 2 aromatic rings. The summed E-state index contributed by atoms with van der Waals surface area (Å²) >= 11 is 4.23. The summed E-state index contributed by atoms with van der Waals surface area (Å²) in [6, 6.07) is 13.1. The van der Waals surface area contributed by atoms with Crippen LogP contribution in [0.4, 0.5) is 0 Å². The van der Waals surface area contributed by atoms with Crippen LogP contribution in [0, 0.1) is 0 Å². The van der Waals surface area contributed by atoms with Gasteiger partial charge in [-0.3, -0.25) is 0 Å². The molecule has 0 aliphatic carbocycles. The Bertz CT molecular complexity index is 492. The third-order valence-electron chi connectivity index (χ3n) is 2.38. The minimum atomic E-state index is 0.150. The van der Waals surface area contributed by atoms with Crippen molar-refractivity contribution in [2.75, 3.05) is 7.11 Å². The lowest BCUT2D eigenvalue weighted by Crippen LogP contribution is -1.85. The van der Waals surface area contributed by atoms with Gasteiger partial charge < -0.3 is 9.84 Å². The second-order valence-corrected chi connectivity index (χ2v) is 3.95. The molecule has 0 heterocycles. The summed E-state index contributed by atoms with van der Waals surface area (Å²) in [4.78, 5) is 0.925. The number of thiol groups is 1. The van der Waals surface area contributed by atoms with Gasteiger partial charge in [0.15, 0.2) is 11.5 Å². The molecule has 0 aromatic heterocycles. The minimum absolute atomic E-state index is 0.150. The largest absolute Gasteiger partial charge is 0.504 e. The highest BCUT2D eigenvalue weighted by molar-refractivity contribution is 7.80. The normalized spacial score (nSPS) is 10.1. The average Bonchev–Trinajstić information content (AvgIpc) is 2.31. The first-order valence-electron chi connectivity index (χ1n) is 4.87. The van der Waals surface area contributed by atoms with Crippen molar-refractivity contribution in [3.8, 4) is 22.6 Å². The Morgan fingerprint density at radius 1 is 1.00 bits per heavy atom. The van der Waals surface area contributed by atoms with Gasteiger partial charge in [-0.1, -0.05) is 18.2 Å². The fraction of sp³-hybridized carbons (Fsp3) is 0.0769. The third kappa shape index (κ3) is 2.14. The van der Waals surface area contributed by atoms with E-state index in [1.807, 2.05) is 36.4 Å². The Kier molecular flexibility index (Phi) is 3.06. The molecule has 0 aliphatic rings. The molecule has 0 saturated carbocycles. The number of methoxy groups -OCH3 is 1. The van der Waals surface area contributed by atoms with Gasteiger partial charge >= 0.3 is 0 Å². The molecule has 16 heavy (non-hydrogen) atoms. The fourth-order valence-corrected chi connectivity index (χ4v) is 1.66. The van der Waals surface area contributed by atoms with Crippen LogP contribution in [0.2, 0.25) is 0 Å². The van der Waals surface area contributed by atoms with Crippen LogP contribution in [-0.4, -0.2) is 12.2 Å². The van der Waals surface area contributed by atoms with Crippen LogP contribution in [0.25, 0.3) is 11.1 Å². The fourth-order valence-electron chi connectivity index (χ4n) is 1.51. The lowest BCUT2D eigenvalue weighted by atomic mass is 10.1. The first-order valence-corrected chi connectivity index (χ1v) is 5.32. The molecule has 2 nitrogen and oxygen atoms in total. The predicted octanol–water partition coefficient (Wildman–Crippen LogP) is 3.36. The predicted molar refractivity (Wildman–Crippen MR) is 67.3 cm³/mol. The van der Waals surface area contributed by atoms with E-state index >= 15 is 0 Å². The standard InChI is InChI=1S/C13H12O2S/c1-15-13-8-10(4-7-12(13)14)9-2-5-11(16)6-3-9/h2-8,14,16H,1H3. The number of aromatic hydroxyl groups is 1. The molecule has 1 N–H and O–H groups in total. The van der Waals surface area contributed by atoms with E-state index in [1.54, 1.807) is 6.07 Å². The van der Waals surface area contributed by atoms with E-state index in [0.717, 1.165) is 16.0 Å². The van der Waals surface area contributed by atoms with Crippen LogP contribution in [0.1, 0.15) is 0 Å². The van der Waals surface area contributed by atoms with Crippen LogP contribution in [0.15, 0.2) is 47.4 Å². The first kappa shape index (κ1) is 10.9. The zero-order valence-corrected chi connectivity index (χ0v) is 9.74. The van der Waals surface area contributed by atoms with Gasteiger partial charge in [-0.25, -0.2) is 0 Å². The monoisotopic (exact) mass is 232 g/mol.